The van der Waals surface area contributed by atoms with Crippen molar-refractivity contribution < 1.29 is 57.5 Å². The van der Waals surface area contributed by atoms with Crippen LogP contribution >= 0.6 is 31.9 Å². The van der Waals surface area contributed by atoms with Gasteiger partial charge in [0.25, 0.3) is 0 Å². The molecule has 572 valence electrons. The molecule has 0 radical (unpaired) electrons. The maximum Gasteiger partial charge on any atom is 0.337 e. The van der Waals surface area contributed by atoms with Gasteiger partial charge in [-0.2, -0.15) is 17.2 Å². The van der Waals surface area contributed by atoms with Crippen LogP contribution in [0.25, 0.3) is 0 Å². The zero-order valence-corrected chi connectivity index (χ0v) is 69.7. The molecular formula is C95H56Br2N4O13S4. The Morgan fingerprint density at radius 2 is 0.542 bits per heavy atom. The molecule has 118 heavy (non-hydrogen) atoms. The molecule has 4 aromatic rings. The van der Waals surface area contributed by atoms with Crippen LogP contribution in [0.15, 0.2) is 126 Å². The standard InChI is InChI=1S/C28H6.C25H4.C23H26N2O8S2.C19H20Br2N2O5S2/c1-3-5-7-9-11-13-15-17-19-21-23-25-27-28-26-24-22-20-18-16-14-12-10-8-6-4-2;1-3-5-7-9-11-13-15-17-19-21-23-25-24-22-20-18-16-14-12-10-8-6-4-2;1-17(26)18-3-7-21(8-4-18)35(30,31)25-15-16-33-23(25)11-13-24(14-12-23)34(28,29)20-9-5-19(6-10-20)22(27)32-2;20-15-1-5-17(6-2-15)29(24,25)22-11-9-19(10-12-22)23(13-14-28-19)30(26,27)18-7-3-16(21)4-8-18/h1-2H3;1H,2H3;3-10H,11-16H2,1-2H3;1-8H,9-14H2. The van der Waals surface area contributed by atoms with Gasteiger partial charge in [0.15, 0.2) is 5.78 Å². The molecule has 4 aliphatic rings. The number of carbonyl (C=O) groups excluding carboxylic acids is 2. The number of ketones is 1. The number of nitrogens with zero attached hydrogens (tertiary/aromatic N) is 4. The van der Waals surface area contributed by atoms with E-state index in [0.717, 1.165) is 8.95 Å². The first-order valence-corrected chi connectivity index (χ1v) is 41.2. The molecule has 0 atom stereocenters. The topological polar surface area (TPSA) is 211 Å². The van der Waals surface area contributed by atoms with Crippen LogP contribution in [-0.4, -0.2) is 134 Å². The van der Waals surface area contributed by atoms with E-state index in [1.165, 1.54) is 79.8 Å². The highest BCUT2D eigenvalue weighted by molar-refractivity contribution is 9.10. The molecule has 0 unspecified atom stereocenters. The van der Waals surface area contributed by atoms with Gasteiger partial charge in [0, 0.05) is 162 Å². The Morgan fingerprint density at radius 3 is 0.763 bits per heavy atom. The summed E-state index contributed by atoms with van der Waals surface area (Å²) >= 11 is 6.62. The fourth-order valence-electron chi connectivity index (χ4n) is 9.82. The number of terminal acetylenes is 1. The van der Waals surface area contributed by atoms with Crippen LogP contribution in [0.4, 0.5) is 0 Å². The number of hydrogen-bond acceptors (Lipinski definition) is 13. The predicted octanol–water partition coefficient (Wildman–Crippen LogP) is 7.04. The Kier molecular flexibility index (Phi) is 40.9. The third-order valence-corrected chi connectivity index (χ3v) is 23.8. The predicted molar refractivity (Wildman–Crippen MR) is 456 cm³/mol. The Balaban J connectivity index is 0.000000283. The van der Waals surface area contributed by atoms with Crippen molar-refractivity contribution >= 4 is 83.7 Å². The van der Waals surface area contributed by atoms with Gasteiger partial charge < -0.3 is 14.2 Å². The molecule has 0 N–H and O–H groups in total. The van der Waals surface area contributed by atoms with Crippen LogP contribution in [0.5, 0.6) is 0 Å². The van der Waals surface area contributed by atoms with E-state index in [0.29, 0.717) is 5.56 Å². The maximum absolute atomic E-state index is 13.4. The molecule has 8 rings (SSSR count). The maximum atomic E-state index is 13.4. The van der Waals surface area contributed by atoms with Gasteiger partial charge in [-0.1, -0.05) is 61.8 Å². The smallest absolute Gasteiger partial charge is 0.337 e. The molecule has 4 aromatic carbocycles. The van der Waals surface area contributed by atoms with E-state index < -0.39 is 57.5 Å². The summed E-state index contributed by atoms with van der Waals surface area (Å²) in [5, 5.41) is 0. The number of sulfonamides is 4. The number of hydrogen-bond donors (Lipinski definition) is 0. The van der Waals surface area contributed by atoms with Gasteiger partial charge in [-0.15, -0.1) is 6.42 Å². The van der Waals surface area contributed by atoms with Crippen LogP contribution in [0.1, 0.15) is 74.1 Å². The number of esters is 1. The molecule has 2 spiro atoms. The molecule has 0 aliphatic carbocycles. The van der Waals surface area contributed by atoms with E-state index in [1.807, 2.05) is 0 Å². The van der Waals surface area contributed by atoms with Crippen molar-refractivity contribution in [2.24, 2.45) is 0 Å². The number of Topliss-reactive ketones (excluding diaryl/α,β-unsaturated/α-hetero) is 1. The highest BCUT2D eigenvalue weighted by Crippen LogP contribution is 2.41. The summed E-state index contributed by atoms with van der Waals surface area (Å²) < 4.78 is 129. The SMILES string of the molecule is C#CC#CC#CC#CC#CC#CC#CC#CC#CC#CC#CC#CC.CC#CC#CC#CC#CC#CC#CC#CC#CC#CC#CC#CC#CC#CC.COC(=O)c1ccc(S(=O)(=O)N2CCC3(CC2)OCCN3S(=O)(=O)c2ccc(C(C)=O)cc2)cc1.O=S(=O)(c1ccc(Br)cc1)N1CCC2(CC1)OCCN2S(=O)(=O)c1ccc(Br)cc1. The lowest BCUT2D eigenvalue weighted by molar-refractivity contribution is -0.0810. The number of piperidine rings is 2. The number of carbonyl (C=O) groups is 2. The molecule has 23 heteroatoms. The van der Waals surface area contributed by atoms with E-state index in [-0.39, 0.29) is 109 Å². The molecule has 0 saturated carbocycles. The third kappa shape index (κ3) is 31.5. The first-order valence-electron chi connectivity index (χ1n) is 33.8. The molecule has 0 aromatic heterocycles. The number of methoxy groups -OCH3 is 1. The summed E-state index contributed by atoms with van der Waals surface area (Å²) in [7, 11) is -13.9. The van der Waals surface area contributed by atoms with Crippen LogP contribution in [-0.2, 0) is 54.3 Å². The van der Waals surface area contributed by atoms with Crippen molar-refractivity contribution in [1.82, 2.24) is 17.2 Å². The number of ether oxygens (including phenoxy) is 3. The lowest BCUT2D eigenvalue weighted by Gasteiger charge is -2.42. The second-order valence-corrected chi connectivity index (χ2v) is 31.5. The van der Waals surface area contributed by atoms with Crippen molar-refractivity contribution in [3.8, 4) is 297 Å². The molecule has 4 heterocycles. The fraction of sp³-hybridized carbons (Fsp3) is 0.200. The van der Waals surface area contributed by atoms with Crippen molar-refractivity contribution in [1.29, 1.82) is 0 Å². The highest BCUT2D eigenvalue weighted by Gasteiger charge is 2.53. The van der Waals surface area contributed by atoms with Crippen LogP contribution in [0.2, 0.25) is 0 Å². The van der Waals surface area contributed by atoms with Crippen molar-refractivity contribution in [2.45, 2.75) is 84.4 Å². The summed E-state index contributed by atoms with van der Waals surface area (Å²) in [6.45, 7) is 7.88. The quantitative estimate of drug-likeness (QED) is 0.0887. The van der Waals surface area contributed by atoms with E-state index in [4.69, 9.17) is 15.9 Å². The lowest BCUT2D eigenvalue weighted by Crippen LogP contribution is -2.55. The monoisotopic (exact) mass is 1750 g/mol. The minimum Gasteiger partial charge on any atom is -0.465 e. The average Bonchev–Trinajstić information content (AvgIpc) is 1.49. The van der Waals surface area contributed by atoms with Gasteiger partial charge in [0.2, 0.25) is 40.1 Å². The number of halogens is 2. The first-order chi connectivity index (χ1) is 57.0. The van der Waals surface area contributed by atoms with Gasteiger partial charge >= 0.3 is 5.97 Å². The summed E-state index contributed by atoms with van der Waals surface area (Å²) in [4.78, 5) is 23.6. The molecular weight excluding hydrogens is 1690 g/mol. The van der Waals surface area contributed by atoms with Crippen molar-refractivity contribution in [3.63, 3.8) is 0 Å². The minimum atomic E-state index is -3.92. The second kappa shape index (κ2) is 51.3. The van der Waals surface area contributed by atoms with E-state index >= 15 is 0 Å². The van der Waals surface area contributed by atoms with E-state index in [2.05, 4.69) is 327 Å². The van der Waals surface area contributed by atoms with Crippen LogP contribution in [0.3, 0.4) is 0 Å². The normalized spacial score (nSPS) is 12.6. The molecule has 17 nitrogen and oxygen atoms in total. The lowest BCUT2D eigenvalue weighted by atomic mass is 10.0. The van der Waals surface area contributed by atoms with Gasteiger partial charge in [0.1, 0.15) is 11.4 Å². The zero-order chi connectivity index (χ0) is 85.7. The van der Waals surface area contributed by atoms with Gasteiger partial charge in [-0.3, -0.25) is 4.79 Å². The Morgan fingerprint density at radius 1 is 0.331 bits per heavy atom. The Hall–Kier alpha value is -14.5. The summed E-state index contributed by atoms with van der Waals surface area (Å²) in [6, 6.07) is 24.2. The molecule has 0 bridgehead atoms. The van der Waals surface area contributed by atoms with Gasteiger partial charge in [-0.05, 0) is 302 Å². The number of benzene rings is 4. The molecule has 4 saturated heterocycles. The Labute approximate surface area is 710 Å². The van der Waals surface area contributed by atoms with Crippen LogP contribution in [0, 0.1) is 297 Å². The highest BCUT2D eigenvalue weighted by atomic mass is 79.9. The number of rotatable bonds is 10. The van der Waals surface area contributed by atoms with E-state index in [1.54, 1.807) is 69.3 Å². The molecule has 4 aliphatic heterocycles. The third-order valence-electron chi connectivity index (χ3n) is 15.0. The molecule has 0 amide bonds. The van der Waals surface area contributed by atoms with Gasteiger partial charge in [-0.25, -0.2) is 38.5 Å². The Bertz CT molecular complexity index is 6710. The van der Waals surface area contributed by atoms with Gasteiger partial charge in [0.05, 0.1) is 45.5 Å². The zero-order valence-electron chi connectivity index (χ0n) is 63.3. The van der Waals surface area contributed by atoms with E-state index in [9.17, 15) is 43.3 Å². The minimum absolute atomic E-state index is 0.0310. The molecule has 4 fully saturated rings. The average molecular weight is 1750 g/mol. The summed E-state index contributed by atoms with van der Waals surface area (Å²) in [6.07, 6.45) is 5.79. The largest absolute Gasteiger partial charge is 0.465 e. The van der Waals surface area contributed by atoms with Crippen molar-refractivity contribution in [2.75, 3.05) is 59.6 Å². The summed E-state index contributed by atoms with van der Waals surface area (Å²) in [5.74, 6) is 122. The first kappa shape index (κ1) is 94.1. The fourth-order valence-corrected chi connectivity index (χ4v) is 16.7. The second-order valence-electron chi connectivity index (χ2n) is 22.1. The van der Waals surface area contributed by atoms with Crippen molar-refractivity contribution in [3.05, 3.63) is 117 Å². The summed E-state index contributed by atoms with van der Waals surface area (Å²) in [5.41, 5.74) is -1.51. The van der Waals surface area contributed by atoms with Crippen LogP contribution < -0.4 is 0 Å².